The molecule has 0 saturated heterocycles. The second-order valence-electron chi connectivity index (χ2n) is 20.0. The van der Waals surface area contributed by atoms with Crippen LogP contribution in [0.5, 0.6) is 0 Å². The van der Waals surface area contributed by atoms with Crippen LogP contribution in [0.2, 0.25) is 0 Å². The van der Waals surface area contributed by atoms with Crippen LogP contribution in [0.1, 0.15) is 64.4 Å². The van der Waals surface area contributed by atoms with Gasteiger partial charge in [-0.15, -0.1) is 0 Å². The average molecular weight is 1180 g/mol. The first kappa shape index (κ1) is 22.6. The van der Waals surface area contributed by atoms with Crippen LogP contribution in [-0.2, 0) is 0 Å². The van der Waals surface area contributed by atoms with Crippen LogP contribution >= 0.6 is 0 Å². The highest BCUT2D eigenvalue weighted by Gasteiger charge is 2.46. The number of hydrogen-bond donors (Lipinski definition) is 0. The Hall–Kier alpha value is -11.7. The maximum absolute atomic E-state index is 10.4. The van der Waals surface area contributed by atoms with E-state index < -0.39 is 441 Å². The van der Waals surface area contributed by atoms with E-state index in [-0.39, 0.29) is 10.9 Å². The molecule has 2 aliphatic heterocycles. The molecule has 2 aliphatic rings. The molecular weight excluding hydrogens is 1080 g/mol. The molecule has 5 heteroatoms. The number of hydrogen-bond acceptors (Lipinski definition) is 2. The molecule has 14 aromatic carbocycles. The Morgan fingerprint density at radius 2 is 0.539 bits per heavy atom. The lowest BCUT2D eigenvalue weighted by Gasteiger charge is -2.46. The van der Waals surface area contributed by atoms with E-state index in [4.69, 9.17) is 12.3 Å². The minimum atomic E-state index is -1.93. The maximum atomic E-state index is 10.4. The quantitative estimate of drug-likeness (QED) is 0.134. The molecule has 0 amide bonds. The molecule has 0 bridgehead atoms. The molecule has 16 aromatic rings. The molecule has 0 unspecified atom stereocenters. The second kappa shape index (κ2) is 20.5. The normalized spacial score (nSPS) is 19.8. The highest BCUT2D eigenvalue weighted by Crippen LogP contribution is 2.54. The van der Waals surface area contributed by atoms with Crippen LogP contribution < -0.4 is 26.2 Å². The summed E-state index contributed by atoms with van der Waals surface area (Å²) < 4.78 is 452. The first-order valence-electron chi connectivity index (χ1n) is 50.4. The number of rotatable bonds is 9. The topological polar surface area (TPSA) is 16.3 Å². The molecule has 0 aliphatic carbocycles. The van der Waals surface area contributed by atoms with Gasteiger partial charge in [-0.1, -0.05) is 272 Å². The van der Waals surface area contributed by atoms with Gasteiger partial charge in [-0.2, -0.15) is 0 Å². The summed E-state index contributed by atoms with van der Waals surface area (Å²) in [6.45, 7) is -1.93. The maximum Gasteiger partial charge on any atom is 0.252 e. The van der Waals surface area contributed by atoms with Gasteiger partial charge in [-0.25, -0.2) is 0 Å². The molecule has 4 heterocycles. The fourth-order valence-electron chi connectivity index (χ4n) is 12.1. The summed E-state index contributed by atoms with van der Waals surface area (Å²) >= 11 is 0. The standard InChI is InChI=1S/C84H55BN4/c1-6-26-56(27-7-1)61-52-80-82-81(53-61)89(84-66(59-32-12-4-13-33-59)42-25-43-67(84)60-34-14-5-15-35-60)79-55-63(87-76-46-22-18-38-70(76)71-39-19-23-47-77(71)87)49-51-73(79)85(82)72-50-48-62(86-74-44-20-16-36-68(74)69-37-17-21-45-75(69)86)54-78(72)88(80)83-64(57-28-8-2-9-29-57)40-24-41-65(83)58-30-10-3-11-31-58/h1-55H/i1D,2D,3D,4D,5D,6D,7D,8D,9D,10D,11D,12D,13D,14D,15D,16D,17D,18D,19D,20D,21D,22D,23D,24D,25D,26D,27D,28D,29D,30D,31D,32D,33D,34D,35D,36D,37D,38D,39D,40D,41D,42D,43D,44D,45D,46D,47D. The molecule has 0 atom stereocenters. The fraction of sp³-hybridized carbons (Fsp3) is 0. The summed E-state index contributed by atoms with van der Waals surface area (Å²) in [6.07, 6.45) is 0. The molecule has 0 radical (unpaired) electrons. The third kappa shape index (κ3) is 7.95. The number of para-hydroxylation sites is 6. The van der Waals surface area contributed by atoms with Crippen molar-refractivity contribution in [3.8, 4) is 67.0 Å². The van der Waals surface area contributed by atoms with Crippen LogP contribution in [0.4, 0.5) is 34.1 Å². The highest BCUT2D eigenvalue weighted by atomic mass is 15.2. The molecule has 4 nitrogen and oxygen atoms in total. The van der Waals surface area contributed by atoms with E-state index in [1.165, 1.54) is 24.3 Å². The van der Waals surface area contributed by atoms with Crippen LogP contribution in [-0.4, -0.2) is 15.8 Å². The summed E-state index contributed by atoms with van der Waals surface area (Å²) in [4.78, 5) is 1.82. The Morgan fingerprint density at radius 3 is 0.865 bits per heavy atom. The average Bonchev–Trinajstić information content (AvgIpc) is 0.876. The Bertz CT molecular complexity index is 7470. The van der Waals surface area contributed by atoms with Crippen molar-refractivity contribution in [2.24, 2.45) is 0 Å². The van der Waals surface area contributed by atoms with Crippen molar-refractivity contribution in [2.75, 3.05) is 9.80 Å². The van der Waals surface area contributed by atoms with Crippen LogP contribution in [0.3, 0.4) is 0 Å². The lowest BCUT2D eigenvalue weighted by atomic mass is 9.33. The minimum Gasteiger partial charge on any atom is -0.310 e. The lowest BCUT2D eigenvalue weighted by molar-refractivity contribution is 1.17. The van der Waals surface area contributed by atoms with E-state index in [1.807, 2.05) is 0 Å². The smallest absolute Gasteiger partial charge is 0.252 e. The van der Waals surface area contributed by atoms with Crippen molar-refractivity contribution in [1.82, 2.24) is 9.13 Å². The first-order valence-corrected chi connectivity index (χ1v) is 26.9. The third-order valence-electron chi connectivity index (χ3n) is 15.6. The zero-order chi connectivity index (χ0) is 99.4. The van der Waals surface area contributed by atoms with Crippen molar-refractivity contribution >= 4 is 101 Å². The van der Waals surface area contributed by atoms with E-state index in [0.717, 1.165) is 43.2 Å². The fourth-order valence-corrected chi connectivity index (χ4v) is 12.1. The van der Waals surface area contributed by atoms with Crippen molar-refractivity contribution in [1.29, 1.82) is 0 Å². The van der Waals surface area contributed by atoms with Gasteiger partial charge in [-0.3, -0.25) is 0 Å². The second-order valence-corrected chi connectivity index (χ2v) is 20.0. The summed E-state index contributed by atoms with van der Waals surface area (Å²) in [5.41, 5.74) is -19.7. The molecule has 414 valence electrons. The largest absolute Gasteiger partial charge is 0.310 e. The van der Waals surface area contributed by atoms with E-state index in [1.54, 1.807) is 0 Å². The Kier molecular flexibility index (Phi) is 5.20. The Labute approximate surface area is 583 Å². The van der Waals surface area contributed by atoms with Gasteiger partial charge in [0.15, 0.2) is 0 Å². The predicted octanol–water partition coefficient (Wildman–Crippen LogP) is 20.3. The van der Waals surface area contributed by atoms with Gasteiger partial charge in [0, 0.05) is 77.9 Å². The van der Waals surface area contributed by atoms with E-state index >= 15 is 0 Å². The van der Waals surface area contributed by atoms with Crippen molar-refractivity contribution in [3.05, 3.63) is 333 Å². The van der Waals surface area contributed by atoms with E-state index in [2.05, 4.69) is 0 Å². The van der Waals surface area contributed by atoms with Crippen LogP contribution in [0, 0.1) is 0 Å². The SMILES string of the molecule is [2H]c1c([2H])c([2H])c(-c2cc3c4c(c2)N(c2c(-c5c([2H])c([2H])c([2H])c([2H])c5[2H])c([2H])c([2H])c([2H])c2-c2c([2H])c([2H])c([2H])c([2H])c2[2H])c2cc(-n5c6c([2H])c([2H])c([2H])c([2H])c6c6c([2H])c([2H])c([2H])c([2H])c65)ccc2B4c2ccc(-n4c5c([2H])c([2H])c([2H])c([2H])c5c5c([2H])c([2H])c([2H])c([2H])c54)cc2N3c2c(-c3c([2H])c([2H])c([2H])c([2H])c3[2H])c([2H])c([2H])c([2H])c2-c2c([2H])c([2H])c([2H])c([2H])c2[2H])c([2H])c1[2H]. The third-order valence-corrected chi connectivity index (χ3v) is 15.6. The zero-order valence-electron chi connectivity index (χ0n) is 92.0. The molecule has 0 fully saturated rings. The molecule has 2 aromatic heterocycles. The van der Waals surface area contributed by atoms with Gasteiger partial charge in [0.2, 0.25) is 0 Å². The van der Waals surface area contributed by atoms with Crippen LogP contribution in [0.25, 0.3) is 111 Å². The Balaban J connectivity index is 1.19. The van der Waals surface area contributed by atoms with Gasteiger partial charge >= 0.3 is 0 Å². The highest BCUT2D eigenvalue weighted by molar-refractivity contribution is 7.00. The zero-order valence-corrected chi connectivity index (χ0v) is 45.0. The Morgan fingerprint density at radius 1 is 0.247 bits per heavy atom. The monoisotopic (exact) mass is 1180 g/mol. The number of aromatic nitrogens is 2. The summed E-state index contributed by atoms with van der Waals surface area (Å²) in [6, 6.07) is -42.8. The minimum absolute atomic E-state index is 0.320. The molecule has 0 N–H and O–H groups in total. The number of anilines is 6. The van der Waals surface area contributed by atoms with Gasteiger partial charge in [0.25, 0.3) is 6.71 Å². The number of benzene rings is 14. The van der Waals surface area contributed by atoms with Crippen molar-refractivity contribution in [3.63, 3.8) is 0 Å². The predicted molar refractivity (Wildman–Crippen MR) is 376 cm³/mol. The summed E-state index contributed by atoms with van der Waals surface area (Å²) in [5, 5.41) is -2.17. The van der Waals surface area contributed by atoms with E-state index in [0.29, 0.717) is 0 Å². The van der Waals surface area contributed by atoms with Gasteiger partial charge in [0.1, 0.15) is 0 Å². The van der Waals surface area contributed by atoms with Crippen molar-refractivity contribution in [2.45, 2.75) is 0 Å². The molecule has 89 heavy (non-hydrogen) atoms. The first-order chi connectivity index (χ1) is 63.7. The van der Waals surface area contributed by atoms with Gasteiger partial charge in [-0.05, 0) is 110 Å². The van der Waals surface area contributed by atoms with Gasteiger partial charge < -0.3 is 18.9 Å². The summed E-state index contributed by atoms with van der Waals surface area (Å²) in [5.74, 6) is 0. The number of fused-ring (bicyclic) bond motifs is 10. The lowest BCUT2D eigenvalue weighted by Crippen LogP contribution is -2.61. The number of nitrogens with zero attached hydrogens (tertiary/aromatic N) is 4. The molecular formula is C84H55BN4. The molecule has 18 rings (SSSR count). The van der Waals surface area contributed by atoms with Crippen molar-refractivity contribution < 1.29 is 64.4 Å². The molecule has 0 spiro atoms. The van der Waals surface area contributed by atoms with Crippen LogP contribution in [0.15, 0.2) is 333 Å². The molecule has 0 saturated carbocycles. The summed E-state index contributed by atoms with van der Waals surface area (Å²) in [7, 11) is 0. The van der Waals surface area contributed by atoms with E-state index in [9.17, 15) is 52.1 Å². The van der Waals surface area contributed by atoms with Gasteiger partial charge in [0.05, 0.1) is 97.9 Å².